The first-order chi connectivity index (χ1) is 7.92. The van der Waals surface area contributed by atoms with Crippen molar-refractivity contribution in [3.63, 3.8) is 0 Å². The number of ether oxygens (including phenoxy) is 2. The van der Waals surface area contributed by atoms with E-state index < -0.39 is 0 Å². The topological polar surface area (TPSA) is 18.5 Å². The van der Waals surface area contributed by atoms with Gasteiger partial charge in [-0.15, -0.1) is 0 Å². The molecule has 0 saturated heterocycles. The largest absolute Gasteiger partial charge is 0.487 e. The minimum atomic E-state index is 0.422. The molecule has 0 N–H and O–H groups in total. The van der Waals surface area contributed by atoms with Crippen molar-refractivity contribution in [3.05, 3.63) is 24.3 Å². The summed E-state index contributed by atoms with van der Waals surface area (Å²) in [4.78, 5) is 0. The monoisotopic (exact) mass is 218 g/mol. The van der Waals surface area contributed by atoms with Gasteiger partial charge in [0, 0.05) is 0 Å². The van der Waals surface area contributed by atoms with Crippen LogP contribution in [0.2, 0.25) is 0 Å². The van der Waals surface area contributed by atoms with Gasteiger partial charge in [-0.3, -0.25) is 0 Å². The molecule has 2 aliphatic rings. The zero-order valence-corrected chi connectivity index (χ0v) is 9.52. The lowest BCUT2D eigenvalue weighted by Gasteiger charge is -2.30. The third kappa shape index (κ3) is 2.01. The summed E-state index contributed by atoms with van der Waals surface area (Å²) in [6, 6.07) is 8.07. The third-order valence-electron chi connectivity index (χ3n) is 3.54. The molecule has 1 aromatic rings. The lowest BCUT2D eigenvalue weighted by atomic mass is 9.96. The van der Waals surface area contributed by atoms with Crippen LogP contribution in [-0.4, -0.2) is 12.2 Å². The molecule has 2 fully saturated rings. The van der Waals surface area contributed by atoms with Crippen molar-refractivity contribution < 1.29 is 9.47 Å². The zero-order chi connectivity index (χ0) is 10.8. The molecule has 2 nitrogen and oxygen atoms in total. The molecule has 0 spiro atoms. The fourth-order valence-electron chi connectivity index (χ4n) is 1.98. The average Bonchev–Trinajstić information content (AvgIpc) is 2.19. The molecule has 3 rings (SSSR count). The Morgan fingerprint density at radius 3 is 1.50 bits per heavy atom. The van der Waals surface area contributed by atoms with Gasteiger partial charge in [0.05, 0.1) is 12.2 Å². The standard InChI is InChI=1S/C14H18O2/c1-2-10-14(16-12-7-4-8-12)13(9-1)15-11-5-3-6-11/h1-2,9-12H,3-8H2. The maximum absolute atomic E-state index is 5.93. The van der Waals surface area contributed by atoms with E-state index in [1.54, 1.807) is 0 Å². The van der Waals surface area contributed by atoms with Crippen LogP contribution in [0.25, 0.3) is 0 Å². The third-order valence-corrected chi connectivity index (χ3v) is 3.54. The number of rotatable bonds is 4. The number of hydrogen-bond donors (Lipinski definition) is 0. The van der Waals surface area contributed by atoms with Crippen LogP contribution < -0.4 is 9.47 Å². The second-order valence-electron chi connectivity index (χ2n) is 4.79. The van der Waals surface area contributed by atoms with Gasteiger partial charge in [0.2, 0.25) is 0 Å². The van der Waals surface area contributed by atoms with E-state index in [1.807, 2.05) is 24.3 Å². The molecule has 0 heterocycles. The van der Waals surface area contributed by atoms with E-state index in [0.29, 0.717) is 12.2 Å². The van der Waals surface area contributed by atoms with Gasteiger partial charge >= 0.3 is 0 Å². The van der Waals surface area contributed by atoms with Crippen molar-refractivity contribution in [2.45, 2.75) is 50.7 Å². The average molecular weight is 218 g/mol. The summed E-state index contributed by atoms with van der Waals surface area (Å²) in [6.45, 7) is 0. The summed E-state index contributed by atoms with van der Waals surface area (Å²) < 4.78 is 11.9. The highest BCUT2D eigenvalue weighted by atomic mass is 16.5. The van der Waals surface area contributed by atoms with Crippen molar-refractivity contribution >= 4 is 0 Å². The van der Waals surface area contributed by atoms with Gasteiger partial charge < -0.3 is 9.47 Å². The molecule has 2 heteroatoms. The van der Waals surface area contributed by atoms with Crippen LogP contribution in [0.5, 0.6) is 11.5 Å². The van der Waals surface area contributed by atoms with Crippen LogP contribution in [-0.2, 0) is 0 Å². The first-order valence-corrected chi connectivity index (χ1v) is 6.34. The fraction of sp³-hybridized carbons (Fsp3) is 0.571. The maximum Gasteiger partial charge on any atom is 0.161 e. The van der Waals surface area contributed by atoms with E-state index in [9.17, 15) is 0 Å². The van der Waals surface area contributed by atoms with E-state index >= 15 is 0 Å². The number of hydrogen-bond acceptors (Lipinski definition) is 2. The summed E-state index contributed by atoms with van der Waals surface area (Å²) in [5.41, 5.74) is 0. The molecule has 0 bridgehead atoms. The normalized spacial score (nSPS) is 21.0. The van der Waals surface area contributed by atoms with E-state index in [2.05, 4.69) is 0 Å². The molecule has 0 radical (unpaired) electrons. The number of para-hydroxylation sites is 2. The molecule has 0 unspecified atom stereocenters. The summed E-state index contributed by atoms with van der Waals surface area (Å²) >= 11 is 0. The molecule has 86 valence electrons. The van der Waals surface area contributed by atoms with E-state index in [-0.39, 0.29) is 0 Å². The van der Waals surface area contributed by atoms with Gasteiger partial charge in [-0.1, -0.05) is 12.1 Å². The molecule has 16 heavy (non-hydrogen) atoms. The molecule has 0 amide bonds. The highest BCUT2D eigenvalue weighted by Gasteiger charge is 2.23. The van der Waals surface area contributed by atoms with Crippen molar-refractivity contribution in [1.82, 2.24) is 0 Å². The Morgan fingerprint density at radius 2 is 1.19 bits per heavy atom. The van der Waals surface area contributed by atoms with Gasteiger partial charge in [0.15, 0.2) is 11.5 Å². The molecular formula is C14H18O2. The molecule has 1 aromatic carbocycles. The minimum absolute atomic E-state index is 0.422. The van der Waals surface area contributed by atoms with Gasteiger partial charge in [-0.2, -0.15) is 0 Å². The second kappa shape index (κ2) is 4.36. The molecule has 0 aliphatic heterocycles. The quantitative estimate of drug-likeness (QED) is 0.769. The Morgan fingerprint density at radius 1 is 0.750 bits per heavy atom. The highest BCUT2D eigenvalue weighted by molar-refractivity contribution is 5.40. The second-order valence-corrected chi connectivity index (χ2v) is 4.79. The van der Waals surface area contributed by atoms with Crippen molar-refractivity contribution in [2.24, 2.45) is 0 Å². The fourth-order valence-corrected chi connectivity index (χ4v) is 1.98. The molecule has 0 aromatic heterocycles. The lowest BCUT2D eigenvalue weighted by Crippen LogP contribution is -2.27. The Labute approximate surface area is 96.6 Å². The first-order valence-electron chi connectivity index (χ1n) is 6.34. The predicted molar refractivity (Wildman–Crippen MR) is 63.0 cm³/mol. The summed E-state index contributed by atoms with van der Waals surface area (Å²) in [5.74, 6) is 1.86. The maximum atomic E-state index is 5.93. The van der Waals surface area contributed by atoms with Gasteiger partial charge in [-0.25, -0.2) is 0 Å². The van der Waals surface area contributed by atoms with Gasteiger partial charge in [-0.05, 0) is 50.7 Å². The van der Waals surface area contributed by atoms with Crippen LogP contribution >= 0.6 is 0 Å². The Hall–Kier alpha value is -1.18. The zero-order valence-electron chi connectivity index (χ0n) is 9.52. The lowest BCUT2D eigenvalue weighted by molar-refractivity contribution is 0.0907. The smallest absolute Gasteiger partial charge is 0.161 e. The SMILES string of the molecule is c1ccc(OC2CCC2)c(OC2CCC2)c1. The van der Waals surface area contributed by atoms with Crippen LogP contribution in [0.3, 0.4) is 0 Å². The number of benzene rings is 1. The van der Waals surface area contributed by atoms with Crippen molar-refractivity contribution in [1.29, 1.82) is 0 Å². The van der Waals surface area contributed by atoms with Crippen LogP contribution in [0, 0.1) is 0 Å². The van der Waals surface area contributed by atoms with Gasteiger partial charge in [0.25, 0.3) is 0 Å². The summed E-state index contributed by atoms with van der Waals surface area (Å²) in [5, 5.41) is 0. The van der Waals surface area contributed by atoms with Crippen LogP contribution in [0.1, 0.15) is 38.5 Å². The minimum Gasteiger partial charge on any atom is -0.487 e. The molecular weight excluding hydrogens is 200 g/mol. The van der Waals surface area contributed by atoms with Crippen LogP contribution in [0.15, 0.2) is 24.3 Å². The predicted octanol–water partition coefficient (Wildman–Crippen LogP) is 3.55. The van der Waals surface area contributed by atoms with Crippen molar-refractivity contribution in [2.75, 3.05) is 0 Å². The van der Waals surface area contributed by atoms with Crippen LogP contribution in [0.4, 0.5) is 0 Å². The Kier molecular flexibility index (Phi) is 2.73. The molecule has 2 aliphatic carbocycles. The summed E-state index contributed by atoms with van der Waals surface area (Å²) in [7, 11) is 0. The van der Waals surface area contributed by atoms with Crippen molar-refractivity contribution in [3.8, 4) is 11.5 Å². The first kappa shape index (κ1) is 10.0. The van der Waals surface area contributed by atoms with E-state index in [1.165, 1.54) is 38.5 Å². The van der Waals surface area contributed by atoms with E-state index in [4.69, 9.17) is 9.47 Å². The molecule has 2 saturated carbocycles. The highest BCUT2D eigenvalue weighted by Crippen LogP contribution is 2.35. The Bertz CT molecular complexity index is 319. The van der Waals surface area contributed by atoms with E-state index in [0.717, 1.165) is 11.5 Å². The van der Waals surface area contributed by atoms with Gasteiger partial charge in [0.1, 0.15) is 0 Å². The molecule has 0 atom stereocenters. The Balaban J connectivity index is 1.68. The summed E-state index contributed by atoms with van der Waals surface area (Å²) in [6.07, 6.45) is 8.22.